The number of rotatable bonds is 29. The summed E-state index contributed by atoms with van der Waals surface area (Å²) >= 11 is 0. The molecule has 3 aliphatic heterocycles. The second-order valence-corrected chi connectivity index (χ2v) is 18.2. The van der Waals surface area contributed by atoms with Gasteiger partial charge < -0.3 is 146 Å². The maximum Gasteiger partial charge on any atom is 0.221 e. The molecule has 0 saturated carbocycles. The molecule has 21 unspecified atom stereocenters. The number of carbonyl (C=O) groups excluding carboxylic acids is 4. The van der Waals surface area contributed by atoms with Crippen LogP contribution in [0.4, 0.5) is 0 Å². The third kappa shape index (κ3) is 18.9. The number of hydrogen-bond donors (Lipinski definition) is 21. The van der Waals surface area contributed by atoms with Crippen molar-refractivity contribution in [3.8, 4) is 0 Å². The van der Waals surface area contributed by atoms with Crippen LogP contribution in [0.15, 0.2) is 34.7 Å². The monoisotopic (exact) mass is 1140 g/mol. The van der Waals surface area contributed by atoms with E-state index in [0.717, 1.165) is 33.8 Å². The van der Waals surface area contributed by atoms with Gasteiger partial charge in [-0.05, 0) is 20.0 Å². The van der Waals surface area contributed by atoms with E-state index in [2.05, 4.69) is 26.6 Å². The molecule has 3 fully saturated rings. The van der Waals surface area contributed by atoms with Gasteiger partial charge in [-0.25, -0.2) is 0 Å². The third-order valence-corrected chi connectivity index (χ3v) is 12.1. The van der Waals surface area contributed by atoms with E-state index in [1.165, 1.54) is 14.0 Å². The summed E-state index contributed by atoms with van der Waals surface area (Å²) in [6.45, 7) is 1.28. The number of nitrogens with one attached hydrogen (secondary N) is 5. The number of ether oxygens (including phenoxy) is 8. The molecule has 3 saturated heterocycles. The number of hydrogen-bond acceptors (Lipinski definition) is 29. The van der Waals surface area contributed by atoms with Crippen LogP contribution in [0, 0.1) is 0 Å². The molecule has 21 N–H and O–H groups in total. The lowest BCUT2D eigenvalue weighted by molar-refractivity contribution is -0.321. The summed E-state index contributed by atoms with van der Waals surface area (Å²) in [6, 6.07) is -2.82. The summed E-state index contributed by atoms with van der Waals surface area (Å²) in [7, 11) is 1.39. The van der Waals surface area contributed by atoms with E-state index in [1.807, 2.05) is 0 Å². The largest absolute Gasteiger partial charge is 0.507 e. The van der Waals surface area contributed by atoms with Gasteiger partial charge >= 0.3 is 0 Å². The van der Waals surface area contributed by atoms with Crippen molar-refractivity contribution >= 4 is 23.6 Å². The lowest BCUT2D eigenvalue weighted by Gasteiger charge is -2.44. The Hall–Kier alpha value is -4.22. The average molecular weight is 1140 g/mol. The summed E-state index contributed by atoms with van der Waals surface area (Å²) in [5.74, 6) is -6.08. The van der Waals surface area contributed by atoms with Crippen molar-refractivity contribution < 1.29 is 139 Å². The maximum atomic E-state index is 12.6. The van der Waals surface area contributed by atoms with Gasteiger partial charge in [0.25, 0.3) is 0 Å². The third-order valence-electron chi connectivity index (χ3n) is 12.1. The van der Waals surface area contributed by atoms with Crippen molar-refractivity contribution in [1.29, 1.82) is 0 Å². The van der Waals surface area contributed by atoms with Gasteiger partial charge in [0, 0.05) is 66.8 Å². The zero-order valence-electron chi connectivity index (χ0n) is 43.4. The maximum absolute atomic E-state index is 12.6. The van der Waals surface area contributed by atoms with Crippen LogP contribution in [0.2, 0.25) is 0 Å². The number of aliphatic hydroxyl groups is 16. The molecule has 33 heteroatoms. The van der Waals surface area contributed by atoms with Crippen LogP contribution in [-0.4, -0.2) is 275 Å². The van der Waals surface area contributed by atoms with Crippen LogP contribution >= 0.6 is 0 Å². The van der Waals surface area contributed by atoms with E-state index in [-0.39, 0.29) is 6.42 Å². The van der Waals surface area contributed by atoms with Crippen molar-refractivity contribution in [3.05, 3.63) is 34.7 Å². The van der Waals surface area contributed by atoms with Gasteiger partial charge in [-0.15, -0.1) is 0 Å². The second kappa shape index (κ2) is 32.3. The highest BCUT2D eigenvalue weighted by molar-refractivity contribution is 5.76. The molecule has 33 nitrogen and oxygen atoms in total. The Labute approximate surface area is 446 Å². The van der Waals surface area contributed by atoms with Gasteiger partial charge in [0.15, 0.2) is 31.5 Å². The molecule has 0 aromatic carbocycles. The molecule has 0 bridgehead atoms. The lowest BCUT2D eigenvalue weighted by atomic mass is 9.96. The molecule has 4 amide bonds. The molecule has 21 atom stereocenters. The Morgan fingerprint density at radius 2 is 1.12 bits per heavy atom. The zero-order valence-corrected chi connectivity index (χ0v) is 43.4. The van der Waals surface area contributed by atoms with E-state index >= 15 is 0 Å². The highest BCUT2D eigenvalue weighted by Gasteiger charge is 2.50. The SMILES string of the molecule is CNC1C(OC(/C=C(/NC(C)=O)C(O)OC(CCO)/C(O)=C(/NC(C)=O)C(O)OC(CCO)/C(O)=C(/NC(C)=O)C(O)OC2C(COC3OC(C)C(O)C(O)C3O)OC(O)C(NC(C)=O)C2O)CCO)OC(CO)C(O)C1O. The van der Waals surface area contributed by atoms with Gasteiger partial charge in [0.05, 0.1) is 37.2 Å². The topological polar surface area (TPSA) is 526 Å². The fraction of sp³-hybridized carbons (Fsp3) is 0.778. The van der Waals surface area contributed by atoms with Crippen LogP contribution in [-0.2, 0) is 57.1 Å². The van der Waals surface area contributed by atoms with Crippen molar-refractivity contribution in [3.63, 3.8) is 0 Å². The normalized spacial score (nSPS) is 32.8. The van der Waals surface area contributed by atoms with Crippen LogP contribution in [0.5, 0.6) is 0 Å². The van der Waals surface area contributed by atoms with Gasteiger partial charge in [0.1, 0.15) is 96.1 Å². The molecule has 0 spiro atoms. The zero-order chi connectivity index (χ0) is 58.9. The molecule has 0 aromatic heterocycles. The Balaban J connectivity index is 2.04. The Bertz CT molecular complexity index is 2020. The van der Waals surface area contributed by atoms with Crippen molar-refractivity contribution in [2.24, 2.45) is 0 Å². The minimum atomic E-state index is -2.62. The summed E-state index contributed by atoms with van der Waals surface area (Å²) < 4.78 is 44.9. The summed E-state index contributed by atoms with van der Waals surface area (Å²) in [4.78, 5) is 49.5. The molecular formula is C45H77N5O28. The number of likely N-dealkylation sites (N-methyl/N-ethyl adjacent to an activating group) is 1. The lowest BCUT2D eigenvalue weighted by Crippen LogP contribution is -2.65. The molecule has 78 heavy (non-hydrogen) atoms. The first-order chi connectivity index (χ1) is 36.6. The highest BCUT2D eigenvalue weighted by Crippen LogP contribution is 2.30. The first-order valence-corrected chi connectivity index (χ1v) is 24.4. The molecular weight excluding hydrogens is 1060 g/mol. The first kappa shape index (κ1) is 68.1. The number of carbonyl (C=O) groups is 4. The van der Waals surface area contributed by atoms with Gasteiger partial charge in [-0.1, -0.05) is 0 Å². The van der Waals surface area contributed by atoms with Gasteiger partial charge in [0.2, 0.25) is 29.9 Å². The van der Waals surface area contributed by atoms with Crippen LogP contribution in [0.1, 0.15) is 53.9 Å². The first-order valence-electron chi connectivity index (χ1n) is 24.4. The fourth-order valence-corrected chi connectivity index (χ4v) is 8.23. The summed E-state index contributed by atoms with van der Waals surface area (Å²) in [5, 5.41) is 183. The fourth-order valence-electron chi connectivity index (χ4n) is 8.23. The van der Waals surface area contributed by atoms with Gasteiger partial charge in [-0.2, -0.15) is 0 Å². The van der Waals surface area contributed by atoms with E-state index in [0.29, 0.717) is 0 Å². The smallest absolute Gasteiger partial charge is 0.221 e. The summed E-state index contributed by atoms with van der Waals surface area (Å²) in [6.07, 6.45) is -35.0. The molecule has 0 radical (unpaired) electrons. The van der Waals surface area contributed by atoms with E-state index in [4.69, 9.17) is 37.9 Å². The van der Waals surface area contributed by atoms with Crippen LogP contribution in [0.3, 0.4) is 0 Å². The molecule has 3 heterocycles. The Morgan fingerprint density at radius 1 is 0.577 bits per heavy atom. The predicted molar refractivity (Wildman–Crippen MR) is 255 cm³/mol. The minimum absolute atomic E-state index is 0.282. The molecule has 3 aliphatic rings. The van der Waals surface area contributed by atoms with Gasteiger partial charge in [-0.3, -0.25) is 19.2 Å². The summed E-state index contributed by atoms with van der Waals surface area (Å²) in [5.41, 5.74) is -2.55. The van der Waals surface area contributed by atoms with E-state index in [1.54, 1.807) is 0 Å². The van der Waals surface area contributed by atoms with Crippen LogP contribution in [0.25, 0.3) is 0 Å². The molecule has 0 aliphatic carbocycles. The van der Waals surface area contributed by atoms with Crippen molar-refractivity contribution in [2.75, 3.05) is 40.1 Å². The van der Waals surface area contributed by atoms with Crippen molar-refractivity contribution in [2.45, 2.75) is 183 Å². The minimum Gasteiger partial charge on any atom is -0.507 e. The predicted octanol–water partition coefficient (Wildman–Crippen LogP) is -9.09. The van der Waals surface area contributed by atoms with E-state index in [9.17, 15) is 101 Å². The molecule has 3 rings (SSSR count). The molecule has 0 aromatic rings. The second-order valence-electron chi connectivity index (χ2n) is 18.2. The Morgan fingerprint density at radius 3 is 1.62 bits per heavy atom. The number of amides is 4. The standard InChI is InChI=1S/C45H77N5O28/c1-16-31(59)37(65)38(66)45(72-16)71-15-26-39(36(64)29(42(69)76-26)50-20(5)58)78-43(70)28(49-19(4)57)33(61)24(9-12-53)75-41(68)27(48-18(3)56)32(60)23(8-11-52)74-40(67)22(47-17(2)55)13-21(7-10-51)73-44-30(46-6)35(63)34(62)25(14-54)77-44/h13,16,21,23-26,29-31,34-46,51-54,59-70H,7-12,14-15H2,1-6H3,(H,47,55)(H,48,56)(H,49,57)(H,50,58)/b22-13+,32-27-,33-28-. The van der Waals surface area contributed by atoms with Crippen molar-refractivity contribution in [1.82, 2.24) is 26.6 Å². The number of aliphatic hydroxyl groups excluding tert-OH is 16. The molecule has 450 valence electrons. The highest BCUT2D eigenvalue weighted by atomic mass is 16.7. The quantitative estimate of drug-likeness (QED) is 0.0244. The Kier molecular flexibility index (Phi) is 28.2. The average Bonchev–Trinajstić information content (AvgIpc) is 3.36. The van der Waals surface area contributed by atoms with Crippen LogP contribution < -0.4 is 26.6 Å². The van der Waals surface area contributed by atoms with E-state index < -0.39 is 227 Å².